The molecule has 4 aromatic heterocycles. The average molecular weight is 950 g/mol. The molecule has 0 fully saturated rings. The summed E-state index contributed by atoms with van der Waals surface area (Å²) >= 11 is -0.361. The molecule has 9 rings (SSSR count). The number of pyridine rings is 2. The molecular weight excluding hydrogens is 905 g/mol. The monoisotopic (exact) mass is 951 g/mol. The van der Waals surface area contributed by atoms with Crippen LogP contribution in [0.5, 0.6) is 0 Å². The Morgan fingerprint density at radius 1 is 0.811 bits per heavy atom. The van der Waals surface area contributed by atoms with Crippen molar-refractivity contribution in [3.8, 4) is 28.3 Å². The van der Waals surface area contributed by atoms with Crippen LogP contribution in [0, 0.1) is 19.0 Å². The summed E-state index contributed by atoms with van der Waals surface area (Å²) in [4.78, 5) is 14.5. The summed E-state index contributed by atoms with van der Waals surface area (Å²) in [6.07, 6.45) is 3.88. The van der Waals surface area contributed by atoms with Gasteiger partial charge in [-0.15, -0.1) is 18.2 Å². The van der Waals surface area contributed by atoms with Gasteiger partial charge in [0.05, 0.1) is 27.1 Å². The number of benzene rings is 5. The second-order valence-corrected chi connectivity index (χ2v) is 25.8. The number of hydrogen-bond donors (Lipinski definition) is 0. The van der Waals surface area contributed by atoms with E-state index in [1.165, 1.54) is 25.2 Å². The van der Waals surface area contributed by atoms with Crippen LogP contribution in [0.3, 0.4) is 0 Å². The zero-order valence-corrected chi connectivity index (χ0v) is 35.5. The van der Waals surface area contributed by atoms with Gasteiger partial charge in [0.15, 0.2) is 0 Å². The number of hydrogen-bond acceptors (Lipinski definition) is 4. The fraction of sp³-hybridized carbons (Fsp3) is 0.152. The smallest absolute Gasteiger partial charge is 0.0774 e. The predicted molar refractivity (Wildman–Crippen MR) is 224 cm³/mol. The Kier molecular flexibility index (Phi) is 9.13. The van der Waals surface area contributed by atoms with Gasteiger partial charge in [0.1, 0.15) is 0 Å². The van der Waals surface area contributed by atoms with Crippen molar-refractivity contribution >= 4 is 71.1 Å². The number of thiophene rings is 1. The van der Waals surface area contributed by atoms with Crippen LogP contribution >= 0.6 is 11.3 Å². The largest absolute Gasteiger partial charge is 0.333 e. The van der Waals surface area contributed by atoms with Gasteiger partial charge in [0.25, 0.3) is 0 Å². The molecule has 0 saturated carbocycles. The molecule has 0 aliphatic rings. The van der Waals surface area contributed by atoms with E-state index in [0.717, 1.165) is 61.2 Å². The van der Waals surface area contributed by atoms with Crippen molar-refractivity contribution in [2.45, 2.75) is 43.9 Å². The predicted octanol–water partition coefficient (Wildman–Crippen LogP) is 11.9. The van der Waals surface area contributed by atoms with Crippen LogP contribution in [0.25, 0.3) is 70.4 Å². The zero-order valence-electron chi connectivity index (χ0n) is 34.2. The van der Waals surface area contributed by atoms with Gasteiger partial charge in [-0.05, 0) is 29.0 Å². The molecule has 53 heavy (non-hydrogen) atoms. The molecule has 4 heterocycles. The van der Waals surface area contributed by atoms with Gasteiger partial charge in [-0.1, -0.05) is 65.5 Å². The first-order chi connectivity index (χ1) is 26.7. The molecular formula is C46H40GeIrN4S-2. The topological polar surface area (TPSA) is 43.6 Å². The fourth-order valence-electron chi connectivity index (χ4n) is 6.71. The van der Waals surface area contributed by atoms with E-state index in [2.05, 4.69) is 112 Å². The van der Waals surface area contributed by atoms with Crippen molar-refractivity contribution in [1.29, 1.82) is 0 Å². The fourth-order valence-corrected chi connectivity index (χ4v) is 11.3. The quantitative estimate of drug-likeness (QED) is 0.128. The van der Waals surface area contributed by atoms with Gasteiger partial charge < -0.3 is 4.57 Å². The summed E-state index contributed by atoms with van der Waals surface area (Å²) in [6.45, 7) is 1.66. The molecule has 0 amide bonds. The van der Waals surface area contributed by atoms with E-state index in [0.29, 0.717) is 0 Å². The number of nitrogens with zero attached hydrogens (tertiary/aromatic N) is 4. The first-order valence-corrected chi connectivity index (χ1v) is 25.5. The minimum absolute atomic E-state index is 0. The molecule has 4 nitrogen and oxygen atoms in total. The van der Waals surface area contributed by atoms with Crippen LogP contribution in [0.15, 0.2) is 128 Å². The number of imidazole rings is 1. The summed E-state index contributed by atoms with van der Waals surface area (Å²) in [5.74, 6) is 7.08. The summed E-state index contributed by atoms with van der Waals surface area (Å²) in [5, 5.41) is 3.55. The number of fused-ring (bicyclic) bond motifs is 6. The second kappa shape index (κ2) is 15.1. The van der Waals surface area contributed by atoms with E-state index in [-0.39, 0.29) is 25.7 Å². The minimum atomic E-state index is -2.14. The van der Waals surface area contributed by atoms with Crippen LogP contribution in [-0.4, -0.2) is 32.8 Å². The summed E-state index contributed by atoms with van der Waals surface area (Å²) in [7, 11) is 0. The zero-order chi connectivity index (χ0) is 39.4. The molecule has 0 bridgehead atoms. The van der Waals surface area contributed by atoms with E-state index in [9.17, 15) is 0 Å². The SMILES string of the molecule is [2H]C([2H])([2H])c1c[c-]c(-c2cc(C([2H])(C)C)[c]([Ge]([CH3])([CH3])[CH3])cn2)cc1.[Ir].[c-]1ccc2c(sc3c4ccccc4cnc23)c1-c1nc2ccccc2n1-c1ccccc1. The molecule has 1 radical (unpaired) electrons. The number of para-hydroxylation sites is 3. The van der Waals surface area contributed by atoms with E-state index < -0.39 is 26.0 Å². The van der Waals surface area contributed by atoms with Crippen molar-refractivity contribution in [2.75, 3.05) is 0 Å². The van der Waals surface area contributed by atoms with Crippen molar-refractivity contribution in [2.24, 2.45) is 0 Å². The standard InChI is InChI=1S/C28H16N3S.C18H24GeN.Ir/c1-2-10-19(11-3-1)31-24-16-7-6-15-23(24)30-28(31)22-14-8-13-21-25-27(32-26(21)22)20-12-5-4-9-18(20)17-29-25;1-13(2)16-11-18(15-9-7-14(3)8-10-15)20-12-17(16)19(4,5)6;/h1-13,15-17H;7-9,11-13H,1-6H3;/q2*-1;/i;3D3,13D;. The normalized spacial score (nSPS) is 13.2. The van der Waals surface area contributed by atoms with Gasteiger partial charge in [0.2, 0.25) is 0 Å². The Labute approximate surface area is 337 Å². The molecule has 7 heteroatoms. The van der Waals surface area contributed by atoms with Crippen LogP contribution in [-0.2, 0) is 20.1 Å². The average Bonchev–Trinajstić information content (AvgIpc) is 3.77. The van der Waals surface area contributed by atoms with Crippen molar-refractivity contribution in [3.63, 3.8) is 0 Å². The first-order valence-electron chi connectivity index (χ1n) is 19.4. The molecule has 0 N–H and O–H groups in total. The van der Waals surface area contributed by atoms with Crippen LogP contribution < -0.4 is 4.40 Å². The molecule has 0 saturated heterocycles. The van der Waals surface area contributed by atoms with Crippen LogP contribution in [0.1, 0.15) is 36.4 Å². The summed E-state index contributed by atoms with van der Waals surface area (Å²) in [5.41, 5.74) is 7.97. The van der Waals surface area contributed by atoms with Crippen LogP contribution in [0.4, 0.5) is 0 Å². The Morgan fingerprint density at radius 3 is 2.34 bits per heavy atom. The molecule has 9 aromatic rings. The van der Waals surface area contributed by atoms with Crippen molar-refractivity contribution < 1.29 is 25.6 Å². The Morgan fingerprint density at radius 2 is 1.58 bits per heavy atom. The maximum absolute atomic E-state index is 8.49. The van der Waals surface area contributed by atoms with Crippen molar-refractivity contribution in [1.82, 2.24) is 19.5 Å². The van der Waals surface area contributed by atoms with E-state index in [4.69, 9.17) is 15.5 Å². The Hall–Kier alpha value is -4.46. The molecule has 0 aliphatic carbocycles. The molecule has 0 aliphatic heterocycles. The van der Waals surface area contributed by atoms with Gasteiger partial charge in [-0.3, -0.25) is 9.97 Å². The van der Waals surface area contributed by atoms with Crippen molar-refractivity contribution in [3.05, 3.63) is 151 Å². The Balaban J connectivity index is 0.000000179. The van der Waals surface area contributed by atoms with Gasteiger partial charge in [0, 0.05) is 42.8 Å². The minimum Gasteiger partial charge on any atom is -0.333 e. The Bertz CT molecular complexity index is 2880. The third-order valence-electron chi connectivity index (χ3n) is 9.30. The first kappa shape index (κ1) is 32.0. The van der Waals surface area contributed by atoms with E-state index in [1.54, 1.807) is 23.5 Å². The van der Waals surface area contributed by atoms with Gasteiger partial charge >= 0.3 is 131 Å². The van der Waals surface area contributed by atoms with Gasteiger partial charge in [-0.25, -0.2) is 0 Å². The molecule has 0 spiro atoms. The van der Waals surface area contributed by atoms with Gasteiger partial charge in [-0.2, -0.15) is 11.3 Å². The van der Waals surface area contributed by atoms with Crippen LogP contribution in [0.2, 0.25) is 17.3 Å². The maximum Gasteiger partial charge on any atom is 0.0774 e. The second-order valence-electron chi connectivity index (χ2n) is 14.2. The van der Waals surface area contributed by atoms with E-state index in [1.807, 2.05) is 50.5 Å². The number of rotatable bonds is 5. The van der Waals surface area contributed by atoms with E-state index >= 15 is 0 Å². The number of aryl methyl sites for hydroxylation is 1. The molecule has 0 atom stereocenters. The number of aromatic nitrogens is 4. The summed E-state index contributed by atoms with van der Waals surface area (Å²) in [6, 6.07) is 44.6. The third-order valence-corrected chi connectivity index (χ3v) is 14.8. The third kappa shape index (κ3) is 7.14. The molecule has 0 unspecified atom stereocenters. The molecule has 5 aromatic carbocycles. The maximum atomic E-state index is 8.49. The molecule has 265 valence electrons. The summed E-state index contributed by atoms with van der Waals surface area (Å²) < 4.78 is 36.6.